The molecule has 2 unspecified atom stereocenters. The van der Waals surface area contributed by atoms with Crippen LogP contribution in [0, 0.1) is 6.92 Å². The van der Waals surface area contributed by atoms with Crippen molar-refractivity contribution in [2.24, 2.45) is 0 Å². The summed E-state index contributed by atoms with van der Waals surface area (Å²) < 4.78 is 5.65. The van der Waals surface area contributed by atoms with Crippen LogP contribution in [0.5, 0.6) is 0 Å². The predicted molar refractivity (Wildman–Crippen MR) is 81.0 cm³/mol. The first-order valence-electron chi connectivity index (χ1n) is 7.41. The third-order valence-corrected chi connectivity index (χ3v) is 3.63. The van der Waals surface area contributed by atoms with Crippen molar-refractivity contribution >= 4 is 5.95 Å². The van der Waals surface area contributed by atoms with Crippen molar-refractivity contribution in [2.75, 3.05) is 18.1 Å². The summed E-state index contributed by atoms with van der Waals surface area (Å²) in [6.07, 6.45) is 2.18. The van der Waals surface area contributed by atoms with Crippen LogP contribution in [0.25, 0.3) is 0 Å². The monoisotopic (exact) mass is 278 g/mol. The Balaban J connectivity index is 2.11. The lowest BCUT2D eigenvalue weighted by Crippen LogP contribution is -2.48. The fraction of sp³-hybridized carbons (Fsp3) is 0.733. The number of ether oxygens (including phenoxy) is 1. The number of rotatable bonds is 4. The lowest BCUT2D eigenvalue weighted by Gasteiger charge is -2.36. The van der Waals surface area contributed by atoms with E-state index in [-0.39, 0.29) is 6.10 Å². The predicted octanol–water partition coefficient (Wildman–Crippen LogP) is 1.90. The van der Waals surface area contributed by atoms with E-state index in [2.05, 4.69) is 54.8 Å². The number of anilines is 1. The van der Waals surface area contributed by atoms with Crippen LogP contribution in [0.4, 0.5) is 5.95 Å². The summed E-state index contributed by atoms with van der Waals surface area (Å²) in [7, 11) is 0. The quantitative estimate of drug-likeness (QED) is 0.911. The van der Waals surface area contributed by atoms with Gasteiger partial charge in [0, 0.05) is 36.6 Å². The minimum atomic E-state index is 0.234. The number of nitrogens with one attached hydrogen (secondary N) is 1. The second-order valence-electron chi connectivity index (χ2n) is 5.96. The summed E-state index contributed by atoms with van der Waals surface area (Å²) in [4.78, 5) is 11.5. The molecule has 0 aromatic carbocycles. The molecule has 1 fully saturated rings. The molecule has 1 N–H and O–H groups in total. The Morgan fingerprint density at radius 3 is 2.85 bits per heavy atom. The Morgan fingerprint density at radius 1 is 1.45 bits per heavy atom. The van der Waals surface area contributed by atoms with E-state index < -0.39 is 0 Å². The van der Waals surface area contributed by atoms with Crippen LogP contribution in [-0.2, 0) is 11.3 Å². The molecule has 0 bridgehead atoms. The molecule has 0 aliphatic carbocycles. The number of morpholine rings is 1. The van der Waals surface area contributed by atoms with Crippen molar-refractivity contribution in [1.82, 2.24) is 15.3 Å². The van der Waals surface area contributed by atoms with Crippen molar-refractivity contribution in [2.45, 2.75) is 59.4 Å². The maximum atomic E-state index is 5.65. The maximum Gasteiger partial charge on any atom is 0.225 e. The third kappa shape index (κ3) is 3.67. The third-order valence-electron chi connectivity index (χ3n) is 3.63. The minimum Gasteiger partial charge on any atom is -0.375 e. The van der Waals surface area contributed by atoms with Gasteiger partial charge in [0.1, 0.15) is 0 Å². The van der Waals surface area contributed by atoms with Gasteiger partial charge in [-0.1, -0.05) is 13.8 Å². The lowest BCUT2D eigenvalue weighted by atomic mass is 10.2. The molecule has 2 atom stereocenters. The minimum absolute atomic E-state index is 0.234. The second kappa shape index (κ2) is 6.50. The second-order valence-corrected chi connectivity index (χ2v) is 5.96. The first-order chi connectivity index (χ1) is 9.47. The van der Waals surface area contributed by atoms with E-state index in [4.69, 9.17) is 4.74 Å². The van der Waals surface area contributed by atoms with Gasteiger partial charge in [-0.15, -0.1) is 0 Å². The molecule has 1 aromatic heterocycles. The van der Waals surface area contributed by atoms with E-state index in [1.807, 2.05) is 6.20 Å². The molecule has 0 radical (unpaired) electrons. The van der Waals surface area contributed by atoms with Crippen molar-refractivity contribution in [3.05, 3.63) is 17.5 Å². The van der Waals surface area contributed by atoms with Gasteiger partial charge in [0.15, 0.2) is 0 Å². The molecule has 5 heteroatoms. The van der Waals surface area contributed by atoms with Crippen molar-refractivity contribution < 1.29 is 4.74 Å². The zero-order valence-corrected chi connectivity index (χ0v) is 13.2. The smallest absolute Gasteiger partial charge is 0.225 e. The lowest BCUT2D eigenvalue weighted by molar-refractivity contribution is 0.0337. The highest BCUT2D eigenvalue weighted by Gasteiger charge is 2.25. The van der Waals surface area contributed by atoms with Crippen LogP contribution in [0.3, 0.4) is 0 Å². The van der Waals surface area contributed by atoms with E-state index >= 15 is 0 Å². The Kier molecular flexibility index (Phi) is 4.94. The molecule has 0 amide bonds. The zero-order valence-electron chi connectivity index (χ0n) is 13.2. The average Bonchev–Trinajstić information content (AvgIpc) is 2.40. The van der Waals surface area contributed by atoms with Crippen molar-refractivity contribution in [3.63, 3.8) is 0 Å². The van der Waals surface area contributed by atoms with Gasteiger partial charge in [0.05, 0.1) is 18.8 Å². The molecule has 0 spiro atoms. The van der Waals surface area contributed by atoms with Gasteiger partial charge in [-0.2, -0.15) is 0 Å². The Morgan fingerprint density at radius 2 is 2.20 bits per heavy atom. The van der Waals surface area contributed by atoms with E-state index in [0.29, 0.717) is 12.1 Å². The van der Waals surface area contributed by atoms with Crippen LogP contribution >= 0.6 is 0 Å². The summed E-state index contributed by atoms with van der Waals surface area (Å²) in [6, 6.07) is 0.791. The fourth-order valence-corrected chi connectivity index (χ4v) is 2.29. The van der Waals surface area contributed by atoms with Crippen LogP contribution in [-0.4, -0.2) is 41.3 Å². The van der Waals surface area contributed by atoms with Crippen molar-refractivity contribution in [3.8, 4) is 0 Å². The first-order valence-corrected chi connectivity index (χ1v) is 7.41. The molecule has 20 heavy (non-hydrogen) atoms. The number of hydrogen-bond acceptors (Lipinski definition) is 5. The standard InChI is InChI=1S/C15H26N4O/c1-10(2)16-6-14-7-17-15(18-13(14)5)19-8-12(4)20-9-11(19)3/h7,10-12,16H,6,8-9H2,1-5H3. The van der Waals surface area contributed by atoms with E-state index in [1.165, 1.54) is 0 Å². The highest BCUT2D eigenvalue weighted by molar-refractivity contribution is 5.35. The van der Waals surface area contributed by atoms with Gasteiger partial charge in [-0.05, 0) is 20.8 Å². The number of hydrogen-bond donors (Lipinski definition) is 1. The topological polar surface area (TPSA) is 50.3 Å². The Labute approximate surface area is 121 Å². The Hall–Kier alpha value is -1.20. The SMILES string of the molecule is Cc1nc(N2CC(C)OCC2C)ncc1CNC(C)C. The van der Waals surface area contributed by atoms with E-state index in [0.717, 1.165) is 36.9 Å². The molecule has 0 saturated carbocycles. The van der Waals surface area contributed by atoms with Gasteiger partial charge in [-0.3, -0.25) is 0 Å². The molecule has 1 saturated heterocycles. The van der Waals surface area contributed by atoms with E-state index in [9.17, 15) is 0 Å². The number of aryl methyl sites for hydroxylation is 1. The van der Waals surface area contributed by atoms with Crippen LogP contribution in [0.1, 0.15) is 39.0 Å². The molecular formula is C15H26N4O. The summed E-state index contributed by atoms with van der Waals surface area (Å²) in [6.45, 7) is 13.0. The van der Waals surface area contributed by atoms with Gasteiger partial charge in [-0.25, -0.2) is 9.97 Å². The number of aromatic nitrogens is 2. The molecule has 112 valence electrons. The highest BCUT2D eigenvalue weighted by atomic mass is 16.5. The van der Waals surface area contributed by atoms with Gasteiger partial charge in [0.2, 0.25) is 5.95 Å². The summed E-state index contributed by atoms with van der Waals surface area (Å²) >= 11 is 0. The molecule has 5 nitrogen and oxygen atoms in total. The molecule has 1 aliphatic rings. The van der Waals surface area contributed by atoms with Gasteiger partial charge >= 0.3 is 0 Å². The summed E-state index contributed by atoms with van der Waals surface area (Å²) in [5, 5.41) is 3.40. The fourth-order valence-electron chi connectivity index (χ4n) is 2.29. The highest BCUT2D eigenvalue weighted by Crippen LogP contribution is 2.19. The van der Waals surface area contributed by atoms with Gasteiger partial charge < -0.3 is 15.0 Å². The molecule has 2 rings (SSSR count). The molecule has 1 aliphatic heterocycles. The van der Waals surface area contributed by atoms with E-state index in [1.54, 1.807) is 0 Å². The zero-order chi connectivity index (χ0) is 14.7. The average molecular weight is 278 g/mol. The molecule has 1 aromatic rings. The van der Waals surface area contributed by atoms with Crippen molar-refractivity contribution in [1.29, 1.82) is 0 Å². The molecular weight excluding hydrogens is 252 g/mol. The normalized spacial score (nSPS) is 23.4. The Bertz CT molecular complexity index is 449. The van der Waals surface area contributed by atoms with Crippen LogP contribution in [0.2, 0.25) is 0 Å². The summed E-state index contributed by atoms with van der Waals surface area (Å²) in [5.74, 6) is 0.818. The maximum absolute atomic E-state index is 5.65. The van der Waals surface area contributed by atoms with Crippen LogP contribution in [0.15, 0.2) is 6.20 Å². The van der Waals surface area contributed by atoms with Crippen LogP contribution < -0.4 is 10.2 Å². The molecule has 2 heterocycles. The largest absolute Gasteiger partial charge is 0.375 e. The summed E-state index contributed by atoms with van der Waals surface area (Å²) in [5.41, 5.74) is 2.21. The first kappa shape index (κ1) is 15.2. The van der Waals surface area contributed by atoms with Gasteiger partial charge in [0.25, 0.3) is 0 Å². The number of nitrogens with zero attached hydrogens (tertiary/aromatic N) is 3.